The van der Waals surface area contributed by atoms with E-state index in [-0.39, 0.29) is 0 Å². The lowest BCUT2D eigenvalue weighted by Gasteiger charge is -2.13. The van der Waals surface area contributed by atoms with Gasteiger partial charge in [0.2, 0.25) is 0 Å². The first-order chi connectivity index (χ1) is 6.77. The van der Waals surface area contributed by atoms with E-state index in [4.69, 9.17) is 10.3 Å². The molecule has 80 valence electrons. The van der Waals surface area contributed by atoms with Crippen LogP contribution in [0.25, 0.3) is 10.4 Å². The lowest BCUT2D eigenvalue weighted by Crippen LogP contribution is -2.24. The number of ether oxygens (including phenoxy) is 1. The van der Waals surface area contributed by atoms with E-state index < -0.39 is 0 Å². The molecule has 1 saturated heterocycles. The summed E-state index contributed by atoms with van der Waals surface area (Å²) >= 11 is 0. The van der Waals surface area contributed by atoms with Gasteiger partial charge in [-0.2, -0.15) is 0 Å². The molecule has 5 heteroatoms. The zero-order chi connectivity index (χ0) is 10.4. The third-order valence-corrected chi connectivity index (χ3v) is 2.80. The average Bonchev–Trinajstić information content (AvgIpc) is 2.49. The Labute approximate surface area is 84.7 Å². The Bertz CT molecular complexity index is 215. The second kappa shape index (κ2) is 5.86. The molecule has 0 bridgehead atoms. The zero-order valence-corrected chi connectivity index (χ0v) is 8.89. The number of rotatable bonds is 5. The first-order valence-electron chi connectivity index (χ1n) is 5.00. The van der Waals surface area contributed by atoms with Crippen molar-refractivity contribution in [3.05, 3.63) is 10.4 Å². The fourth-order valence-corrected chi connectivity index (χ4v) is 1.99. The van der Waals surface area contributed by atoms with Crippen LogP contribution in [0.1, 0.15) is 6.92 Å². The summed E-state index contributed by atoms with van der Waals surface area (Å²) in [5, 5.41) is 3.54. The predicted molar refractivity (Wildman–Crippen MR) is 55.0 cm³/mol. The van der Waals surface area contributed by atoms with Gasteiger partial charge in [-0.25, -0.2) is 0 Å². The molecular formula is C9H18N4O. The normalized spacial score (nSPS) is 27.6. The summed E-state index contributed by atoms with van der Waals surface area (Å²) in [4.78, 5) is 5.08. The van der Waals surface area contributed by atoms with Crippen molar-refractivity contribution in [1.29, 1.82) is 0 Å². The molecule has 5 nitrogen and oxygen atoms in total. The van der Waals surface area contributed by atoms with Crippen molar-refractivity contribution in [3.63, 3.8) is 0 Å². The molecule has 1 aliphatic rings. The van der Waals surface area contributed by atoms with Gasteiger partial charge in [-0.3, -0.25) is 0 Å². The Morgan fingerprint density at radius 3 is 3.00 bits per heavy atom. The lowest BCUT2D eigenvalue weighted by atomic mass is 10.00. The minimum atomic E-state index is 0.572. The zero-order valence-electron chi connectivity index (χ0n) is 8.89. The van der Waals surface area contributed by atoms with E-state index in [1.807, 2.05) is 0 Å². The summed E-state index contributed by atoms with van der Waals surface area (Å²) in [6.45, 7) is 6.68. The van der Waals surface area contributed by atoms with Gasteiger partial charge in [0.25, 0.3) is 0 Å². The summed E-state index contributed by atoms with van der Waals surface area (Å²) in [5.41, 5.74) is 8.15. The molecule has 1 aliphatic heterocycles. The van der Waals surface area contributed by atoms with Gasteiger partial charge in [0.15, 0.2) is 0 Å². The van der Waals surface area contributed by atoms with E-state index in [2.05, 4.69) is 21.8 Å². The van der Waals surface area contributed by atoms with Crippen LogP contribution in [0.4, 0.5) is 0 Å². The van der Waals surface area contributed by atoms with E-state index in [0.29, 0.717) is 18.4 Å². The monoisotopic (exact) mass is 198 g/mol. The van der Waals surface area contributed by atoms with Crippen molar-refractivity contribution in [2.45, 2.75) is 6.92 Å². The Kier molecular flexibility index (Phi) is 4.73. The van der Waals surface area contributed by atoms with Gasteiger partial charge >= 0.3 is 0 Å². The first kappa shape index (κ1) is 11.3. The number of methoxy groups -OCH3 is 1. The number of nitrogens with zero attached hydrogens (tertiary/aromatic N) is 4. The molecule has 2 atom stereocenters. The van der Waals surface area contributed by atoms with Gasteiger partial charge < -0.3 is 9.64 Å². The van der Waals surface area contributed by atoms with Gasteiger partial charge in [-0.05, 0) is 17.4 Å². The molecule has 0 unspecified atom stereocenters. The third-order valence-electron chi connectivity index (χ3n) is 2.80. The van der Waals surface area contributed by atoms with Crippen molar-refractivity contribution in [2.75, 3.05) is 39.9 Å². The summed E-state index contributed by atoms with van der Waals surface area (Å²) < 4.78 is 5.16. The van der Waals surface area contributed by atoms with Gasteiger partial charge in [0.1, 0.15) is 0 Å². The van der Waals surface area contributed by atoms with Crippen molar-refractivity contribution in [1.82, 2.24) is 4.90 Å². The van der Waals surface area contributed by atoms with Crippen LogP contribution in [0.15, 0.2) is 5.11 Å². The van der Waals surface area contributed by atoms with E-state index in [1.54, 1.807) is 7.11 Å². The Balaban J connectivity index is 2.27. The van der Waals surface area contributed by atoms with Crippen molar-refractivity contribution < 1.29 is 4.74 Å². The Hall–Kier alpha value is -0.770. The van der Waals surface area contributed by atoms with Crippen LogP contribution in [-0.2, 0) is 4.74 Å². The smallest absolute Gasteiger partial charge is 0.0505 e. The molecule has 0 spiro atoms. The van der Waals surface area contributed by atoms with Crippen LogP contribution < -0.4 is 0 Å². The van der Waals surface area contributed by atoms with Crippen LogP contribution in [0.2, 0.25) is 0 Å². The van der Waals surface area contributed by atoms with Gasteiger partial charge in [-0.1, -0.05) is 12.0 Å². The number of likely N-dealkylation sites (tertiary alicyclic amines) is 1. The van der Waals surface area contributed by atoms with Crippen molar-refractivity contribution in [2.24, 2.45) is 17.0 Å². The van der Waals surface area contributed by atoms with Crippen LogP contribution >= 0.6 is 0 Å². The second-order valence-corrected chi connectivity index (χ2v) is 3.91. The molecule has 1 heterocycles. The number of hydrogen-bond donors (Lipinski definition) is 0. The summed E-state index contributed by atoms with van der Waals surface area (Å²) in [6.07, 6.45) is 0. The maximum absolute atomic E-state index is 8.15. The summed E-state index contributed by atoms with van der Waals surface area (Å²) in [6, 6.07) is 0. The highest BCUT2D eigenvalue weighted by Crippen LogP contribution is 2.22. The van der Waals surface area contributed by atoms with Gasteiger partial charge in [-0.15, -0.1) is 0 Å². The number of azide groups is 1. The minimum absolute atomic E-state index is 0.572. The van der Waals surface area contributed by atoms with Crippen molar-refractivity contribution in [3.8, 4) is 0 Å². The fraction of sp³-hybridized carbons (Fsp3) is 1.00. The van der Waals surface area contributed by atoms with Crippen LogP contribution in [0, 0.1) is 11.8 Å². The van der Waals surface area contributed by atoms with Crippen LogP contribution in [0.5, 0.6) is 0 Å². The maximum atomic E-state index is 8.15. The lowest BCUT2D eigenvalue weighted by molar-refractivity contribution is 0.140. The van der Waals surface area contributed by atoms with Crippen molar-refractivity contribution >= 4 is 0 Å². The highest BCUT2D eigenvalue weighted by atomic mass is 16.5. The largest absolute Gasteiger partial charge is 0.384 e. The SMILES string of the molecule is COC[C@@H]1CN(CCN=[N+]=[N-])C[C@@H]1C. The topological polar surface area (TPSA) is 61.2 Å². The molecule has 0 aliphatic carbocycles. The Morgan fingerprint density at radius 1 is 1.57 bits per heavy atom. The molecule has 14 heavy (non-hydrogen) atoms. The quantitative estimate of drug-likeness (QED) is 0.382. The molecule has 1 fully saturated rings. The highest BCUT2D eigenvalue weighted by Gasteiger charge is 2.28. The molecule has 1 rings (SSSR count). The molecular weight excluding hydrogens is 180 g/mol. The average molecular weight is 198 g/mol. The molecule has 0 N–H and O–H groups in total. The van der Waals surface area contributed by atoms with Gasteiger partial charge in [0.05, 0.1) is 6.61 Å². The van der Waals surface area contributed by atoms with Gasteiger partial charge in [0, 0.05) is 38.2 Å². The molecule has 0 amide bonds. The maximum Gasteiger partial charge on any atom is 0.0505 e. The minimum Gasteiger partial charge on any atom is -0.384 e. The van der Waals surface area contributed by atoms with Crippen LogP contribution in [0.3, 0.4) is 0 Å². The molecule has 0 aromatic heterocycles. The first-order valence-corrected chi connectivity index (χ1v) is 5.00. The fourth-order valence-electron chi connectivity index (χ4n) is 1.99. The molecule has 0 aromatic carbocycles. The predicted octanol–water partition coefficient (Wildman–Crippen LogP) is 1.51. The second-order valence-electron chi connectivity index (χ2n) is 3.91. The Morgan fingerprint density at radius 2 is 2.36 bits per heavy atom. The third kappa shape index (κ3) is 3.18. The summed E-state index contributed by atoms with van der Waals surface area (Å²) in [7, 11) is 1.75. The summed E-state index contributed by atoms with van der Waals surface area (Å²) in [5.74, 6) is 1.31. The standard InChI is InChI=1S/C9H18N4O/c1-8-5-13(4-3-11-12-10)6-9(8)7-14-2/h8-9H,3-7H2,1-2H3/t8-,9-/m0/s1. The van der Waals surface area contributed by atoms with E-state index >= 15 is 0 Å². The molecule has 0 aromatic rings. The highest BCUT2D eigenvalue weighted by molar-refractivity contribution is 4.81. The van der Waals surface area contributed by atoms with E-state index in [9.17, 15) is 0 Å². The van der Waals surface area contributed by atoms with Crippen LogP contribution in [-0.4, -0.2) is 44.8 Å². The van der Waals surface area contributed by atoms with E-state index in [1.165, 1.54) is 0 Å². The molecule has 0 radical (unpaired) electrons. The molecule has 0 saturated carbocycles. The van der Waals surface area contributed by atoms with E-state index in [0.717, 1.165) is 26.2 Å². The number of hydrogen-bond acceptors (Lipinski definition) is 3.